The van der Waals surface area contributed by atoms with Crippen molar-refractivity contribution in [3.05, 3.63) is 194 Å². The van der Waals surface area contributed by atoms with E-state index in [4.69, 9.17) is 16.8 Å². The van der Waals surface area contributed by atoms with Crippen molar-refractivity contribution < 1.29 is 4.57 Å². The van der Waals surface area contributed by atoms with Gasteiger partial charge < -0.3 is 0 Å². The van der Waals surface area contributed by atoms with Gasteiger partial charge in [0.05, 0.1) is 27.6 Å². The lowest BCUT2D eigenvalue weighted by Crippen LogP contribution is -2.25. The highest BCUT2D eigenvalue weighted by Crippen LogP contribution is 2.52. The Morgan fingerprint density at radius 2 is 1.02 bits per heavy atom. The van der Waals surface area contributed by atoms with Crippen molar-refractivity contribution in [2.45, 2.75) is 0 Å². The van der Waals surface area contributed by atoms with Crippen LogP contribution in [-0.4, -0.2) is 18.7 Å². The van der Waals surface area contributed by atoms with Gasteiger partial charge in [0.25, 0.3) is 0 Å². The number of hydrogen-bond acceptors (Lipinski definition) is 4. The number of imidazole rings is 1. The summed E-state index contributed by atoms with van der Waals surface area (Å²) in [5.41, 5.74) is 5.43. The van der Waals surface area contributed by atoms with Crippen LogP contribution < -0.4 is 26.5 Å². The van der Waals surface area contributed by atoms with Crippen LogP contribution in [0.4, 0.5) is 0 Å². The first-order valence-corrected chi connectivity index (χ1v) is 23.0. The van der Waals surface area contributed by atoms with Gasteiger partial charge in [0.2, 0.25) is 7.29 Å². The first-order valence-electron chi connectivity index (χ1n) is 18.5. The highest BCUT2D eigenvalue weighted by Gasteiger charge is 2.34. The van der Waals surface area contributed by atoms with Gasteiger partial charge in [-0.15, -0.1) is 0 Å². The summed E-state index contributed by atoms with van der Waals surface area (Å²) in [7, 11) is -3.54. The lowest BCUT2D eigenvalue weighted by molar-refractivity contribution is 0.583. The number of pyridine rings is 2. The van der Waals surface area contributed by atoms with Crippen LogP contribution in [0.1, 0.15) is 0 Å². The molecule has 0 N–H and O–H groups in total. The van der Waals surface area contributed by atoms with Gasteiger partial charge >= 0.3 is 0 Å². The van der Waals surface area contributed by atoms with Gasteiger partial charge in [-0.25, -0.2) is 4.98 Å². The zero-order chi connectivity index (χ0) is 37.4. The van der Waals surface area contributed by atoms with E-state index < -0.39 is 13.3 Å². The number of benzene rings is 7. The number of aromatic nitrogens is 4. The van der Waals surface area contributed by atoms with Gasteiger partial charge in [0.15, 0.2) is 0 Å². The topological polar surface area (TPSA) is 52.2 Å². The summed E-state index contributed by atoms with van der Waals surface area (Å²) in [6, 6.07) is 60.1. The van der Waals surface area contributed by atoms with Gasteiger partial charge in [0.1, 0.15) is 5.65 Å². The third-order valence-corrected chi connectivity index (χ3v) is 19.0. The van der Waals surface area contributed by atoms with Crippen LogP contribution in [0.15, 0.2) is 194 Å². The molecule has 0 aliphatic heterocycles. The third kappa shape index (κ3) is 4.67. The fourth-order valence-corrected chi connectivity index (χ4v) is 15.6. The molecule has 0 fully saturated rings. The van der Waals surface area contributed by atoms with E-state index in [1.807, 2.05) is 48.5 Å². The maximum Gasteiger partial charge on any atom is 0.234 e. The average Bonchev–Trinajstić information content (AvgIpc) is 3.83. The summed E-state index contributed by atoms with van der Waals surface area (Å²) >= 11 is 6.94. The van der Waals surface area contributed by atoms with Crippen molar-refractivity contribution >= 4 is 112 Å². The number of fused-ring (bicyclic) bond motifs is 11. The summed E-state index contributed by atoms with van der Waals surface area (Å²) in [5, 5.41) is 10.2. The van der Waals surface area contributed by atoms with E-state index in [0.717, 1.165) is 76.1 Å². The second-order valence-electron chi connectivity index (χ2n) is 14.1. The number of para-hydroxylation sites is 3. The highest BCUT2D eigenvalue weighted by molar-refractivity contribution is 8.25. The Morgan fingerprint density at radius 3 is 1.66 bits per heavy atom. The van der Waals surface area contributed by atoms with Gasteiger partial charge in [0, 0.05) is 61.3 Å². The van der Waals surface area contributed by atoms with Crippen LogP contribution in [0, 0.1) is 0 Å². The molecule has 1 unspecified atom stereocenters. The summed E-state index contributed by atoms with van der Waals surface area (Å²) in [4.78, 5) is 9.74. The zero-order valence-corrected chi connectivity index (χ0v) is 32.6. The van der Waals surface area contributed by atoms with Crippen LogP contribution >= 0.6 is 13.3 Å². The smallest absolute Gasteiger partial charge is 0.234 e. The van der Waals surface area contributed by atoms with Gasteiger partial charge in [-0.05, 0) is 59.1 Å². The number of rotatable bonds is 6. The van der Waals surface area contributed by atoms with Crippen molar-refractivity contribution in [3.63, 3.8) is 0 Å². The quantitative estimate of drug-likeness (QED) is 0.125. The molecule has 0 amide bonds. The molecular weight excluding hydrogens is 743 g/mol. The first-order chi connectivity index (χ1) is 27.6. The number of nitrogens with zero attached hydrogens (tertiary/aromatic N) is 4. The van der Waals surface area contributed by atoms with Crippen LogP contribution in [0.5, 0.6) is 0 Å². The summed E-state index contributed by atoms with van der Waals surface area (Å²) in [5.74, 6) is 0. The molecule has 8 heteroatoms. The van der Waals surface area contributed by atoms with Crippen molar-refractivity contribution in [2.24, 2.45) is 0 Å². The Kier molecular flexibility index (Phi) is 7.53. The Morgan fingerprint density at radius 1 is 0.464 bits per heavy atom. The molecule has 0 spiro atoms. The maximum atomic E-state index is 16.3. The molecule has 4 aromatic heterocycles. The maximum absolute atomic E-state index is 16.3. The minimum atomic E-state index is -3.54. The Bertz CT molecular complexity index is 3340. The normalized spacial score (nSPS) is 13.3. The number of hydrogen-bond donors (Lipinski definition) is 0. The lowest BCUT2D eigenvalue weighted by Gasteiger charge is -2.26. The van der Waals surface area contributed by atoms with Crippen LogP contribution in [0.25, 0.3) is 60.2 Å². The molecular formula is C48H32N4OP2S. The van der Waals surface area contributed by atoms with Crippen molar-refractivity contribution in [2.75, 3.05) is 0 Å². The van der Waals surface area contributed by atoms with E-state index in [2.05, 4.69) is 147 Å². The SMILES string of the molecule is O=P(c1ccncc1)(c1ccc2c(c1)nc1c3cccc(P(=S)(c4ccccc4)c4ccccc4)c3c3ccccc3n21)n1c2ccccc2c2ccccc21. The molecule has 0 saturated carbocycles. The van der Waals surface area contributed by atoms with Gasteiger partial charge in [-0.2, -0.15) is 0 Å². The molecule has 0 bridgehead atoms. The largest absolute Gasteiger partial charge is 0.292 e. The fraction of sp³-hybridized carbons (Fsp3) is 0. The third-order valence-electron chi connectivity index (χ3n) is 11.1. The van der Waals surface area contributed by atoms with Crippen molar-refractivity contribution in [3.8, 4) is 0 Å². The van der Waals surface area contributed by atoms with Gasteiger partial charge in [-0.1, -0.05) is 145 Å². The van der Waals surface area contributed by atoms with Crippen LogP contribution in [0.2, 0.25) is 0 Å². The molecule has 11 rings (SSSR count). The lowest BCUT2D eigenvalue weighted by atomic mass is 10.1. The van der Waals surface area contributed by atoms with Crippen molar-refractivity contribution in [1.82, 2.24) is 18.7 Å². The van der Waals surface area contributed by atoms with E-state index in [1.165, 1.54) is 0 Å². The summed E-state index contributed by atoms with van der Waals surface area (Å²) in [6.07, 6.45) is 3.45. The minimum Gasteiger partial charge on any atom is -0.292 e. The zero-order valence-electron chi connectivity index (χ0n) is 30.0. The average molecular weight is 775 g/mol. The van der Waals surface area contributed by atoms with Crippen LogP contribution in [-0.2, 0) is 16.4 Å². The summed E-state index contributed by atoms with van der Waals surface area (Å²) in [6.45, 7) is 0. The molecule has 4 heterocycles. The van der Waals surface area contributed by atoms with E-state index in [9.17, 15) is 0 Å². The van der Waals surface area contributed by atoms with Crippen LogP contribution in [0.3, 0.4) is 0 Å². The molecule has 5 nitrogen and oxygen atoms in total. The van der Waals surface area contributed by atoms with E-state index >= 15 is 4.57 Å². The second-order valence-corrected chi connectivity index (χ2v) is 21.0. The molecule has 266 valence electrons. The molecule has 7 aromatic carbocycles. The Hall–Kier alpha value is -6.16. The highest BCUT2D eigenvalue weighted by atomic mass is 32.4. The van der Waals surface area contributed by atoms with E-state index in [0.29, 0.717) is 10.6 Å². The Labute approximate surface area is 328 Å². The minimum absolute atomic E-state index is 0.698. The predicted octanol–water partition coefficient (Wildman–Crippen LogP) is 9.83. The molecule has 11 aromatic rings. The summed E-state index contributed by atoms with van der Waals surface area (Å²) < 4.78 is 20.6. The fourth-order valence-electron chi connectivity index (χ4n) is 8.67. The van der Waals surface area contributed by atoms with Crippen molar-refractivity contribution in [1.29, 1.82) is 0 Å². The molecule has 0 radical (unpaired) electrons. The molecule has 1 atom stereocenters. The monoisotopic (exact) mass is 774 g/mol. The molecule has 56 heavy (non-hydrogen) atoms. The molecule has 0 aliphatic carbocycles. The second kappa shape index (κ2) is 12.7. The predicted molar refractivity (Wildman–Crippen MR) is 240 cm³/mol. The molecule has 0 saturated heterocycles. The van der Waals surface area contributed by atoms with Gasteiger partial charge in [-0.3, -0.25) is 18.3 Å². The van der Waals surface area contributed by atoms with E-state index in [-0.39, 0.29) is 0 Å². The Balaban J connectivity index is 1.23. The van der Waals surface area contributed by atoms with E-state index in [1.54, 1.807) is 12.4 Å². The molecule has 0 aliphatic rings. The first kappa shape index (κ1) is 33.2. The standard InChI is InChI=1S/C48H32N4OP2S/c53-55(35-28-30-49-31-29-35,52-43-23-11-7-18-37(43)38-19-8-12-24-44(38)52)36-26-27-45-41(32-36)50-48-40-21-13-25-46(47(40)39-20-9-10-22-42(39)51(45)48)54(56,33-14-3-1-4-15-33)34-16-5-2-6-17-34/h1-32H.